The highest BCUT2D eigenvalue weighted by Gasteiger charge is 2.25. The van der Waals surface area contributed by atoms with Crippen LogP contribution in [0, 0.1) is 5.92 Å². The number of amides is 1. The van der Waals surface area contributed by atoms with Gasteiger partial charge in [-0.05, 0) is 43.7 Å². The Labute approximate surface area is 191 Å². The van der Waals surface area contributed by atoms with Gasteiger partial charge in [0.05, 0.1) is 0 Å². The van der Waals surface area contributed by atoms with Gasteiger partial charge in [-0.25, -0.2) is 9.97 Å². The molecule has 2 aliphatic heterocycles. The molecule has 2 fully saturated rings. The molecule has 172 valence electrons. The number of carbonyl (C=O) groups is 1. The van der Waals surface area contributed by atoms with E-state index in [9.17, 15) is 4.79 Å². The lowest BCUT2D eigenvalue weighted by Gasteiger charge is -2.37. The van der Waals surface area contributed by atoms with E-state index in [2.05, 4.69) is 67.2 Å². The summed E-state index contributed by atoms with van der Waals surface area (Å²) >= 11 is 0. The van der Waals surface area contributed by atoms with E-state index in [0.29, 0.717) is 18.2 Å². The largest absolute Gasteiger partial charge is 0.370 e. The molecule has 0 bridgehead atoms. The fourth-order valence-corrected chi connectivity index (χ4v) is 4.72. The van der Waals surface area contributed by atoms with Gasteiger partial charge in [0.15, 0.2) is 0 Å². The number of piperidine rings is 1. The summed E-state index contributed by atoms with van der Waals surface area (Å²) in [5.74, 6) is 2.73. The molecule has 4 rings (SSSR count). The monoisotopic (exact) mass is 436 g/mol. The van der Waals surface area contributed by atoms with Crippen LogP contribution in [0.3, 0.4) is 0 Å². The second-order valence-electron chi connectivity index (χ2n) is 8.88. The number of nitrogens with one attached hydrogen (secondary N) is 1. The van der Waals surface area contributed by atoms with Crippen LogP contribution in [-0.2, 0) is 4.79 Å². The summed E-state index contributed by atoms with van der Waals surface area (Å²) in [4.78, 5) is 28.4. The smallest absolute Gasteiger partial charge is 0.222 e. The first-order chi connectivity index (χ1) is 15.7. The van der Waals surface area contributed by atoms with Gasteiger partial charge in [-0.3, -0.25) is 4.79 Å². The van der Waals surface area contributed by atoms with Crippen LogP contribution in [-0.4, -0.2) is 66.6 Å². The molecule has 32 heavy (non-hydrogen) atoms. The fourth-order valence-electron chi connectivity index (χ4n) is 4.72. The van der Waals surface area contributed by atoms with Crippen molar-refractivity contribution in [1.82, 2.24) is 14.9 Å². The van der Waals surface area contributed by atoms with Crippen LogP contribution in [0.5, 0.6) is 0 Å². The molecule has 2 aliphatic rings. The van der Waals surface area contributed by atoms with Gasteiger partial charge in [0.2, 0.25) is 5.91 Å². The molecule has 0 spiro atoms. The normalized spacial score (nSPS) is 19.2. The van der Waals surface area contributed by atoms with E-state index in [0.717, 1.165) is 76.7 Å². The summed E-state index contributed by atoms with van der Waals surface area (Å²) in [6.07, 6.45) is 6.67. The number of hydrogen-bond donors (Lipinski definition) is 1. The molecular weight excluding hydrogens is 400 g/mol. The Bertz CT molecular complexity index is 853. The van der Waals surface area contributed by atoms with Crippen LogP contribution in [0.1, 0.15) is 39.0 Å². The Kier molecular flexibility index (Phi) is 7.80. The second-order valence-corrected chi connectivity index (χ2v) is 8.88. The summed E-state index contributed by atoms with van der Waals surface area (Å²) in [5.41, 5.74) is 1.25. The topological polar surface area (TPSA) is 64.6 Å². The minimum absolute atomic E-state index is 0.308. The minimum Gasteiger partial charge on any atom is -0.370 e. The molecule has 1 N–H and O–H groups in total. The Morgan fingerprint density at radius 2 is 1.88 bits per heavy atom. The van der Waals surface area contributed by atoms with Gasteiger partial charge in [-0.2, -0.15) is 0 Å². The molecule has 1 amide bonds. The lowest BCUT2D eigenvalue weighted by atomic mass is 9.93. The van der Waals surface area contributed by atoms with E-state index >= 15 is 0 Å². The Balaban J connectivity index is 1.23. The molecule has 0 saturated carbocycles. The predicted molar refractivity (Wildman–Crippen MR) is 130 cm³/mol. The molecular formula is C25H36N6O. The van der Waals surface area contributed by atoms with Gasteiger partial charge in [0, 0.05) is 64.0 Å². The third-order valence-electron chi connectivity index (χ3n) is 6.57. The first-order valence-corrected chi connectivity index (χ1v) is 12.1. The van der Waals surface area contributed by atoms with Crippen molar-refractivity contribution >= 4 is 23.2 Å². The van der Waals surface area contributed by atoms with E-state index in [1.54, 1.807) is 6.33 Å². The van der Waals surface area contributed by atoms with Crippen molar-refractivity contribution in [1.29, 1.82) is 0 Å². The molecule has 0 unspecified atom stereocenters. The number of benzene rings is 1. The number of carbonyl (C=O) groups excluding carboxylic acids is 1. The molecule has 1 atom stereocenters. The Hall–Kier alpha value is -2.83. The van der Waals surface area contributed by atoms with Gasteiger partial charge in [0.25, 0.3) is 0 Å². The summed E-state index contributed by atoms with van der Waals surface area (Å²) in [5, 5.41) is 3.34. The maximum absolute atomic E-state index is 12.8. The third-order valence-corrected chi connectivity index (χ3v) is 6.57. The SMILES string of the molecule is CCCNc1cc(N2CCC[C@H](CCC(=O)N3CCN(c4ccccc4)CC3)C2)ncn1. The number of para-hydroxylation sites is 1. The third kappa shape index (κ3) is 5.90. The molecule has 3 heterocycles. The maximum atomic E-state index is 12.8. The van der Waals surface area contributed by atoms with Crippen molar-refractivity contribution in [2.75, 3.05) is 60.9 Å². The first kappa shape index (κ1) is 22.4. The van der Waals surface area contributed by atoms with Crippen LogP contribution >= 0.6 is 0 Å². The van der Waals surface area contributed by atoms with Crippen LogP contribution in [0.4, 0.5) is 17.3 Å². The maximum Gasteiger partial charge on any atom is 0.222 e. The summed E-state index contributed by atoms with van der Waals surface area (Å²) in [7, 11) is 0. The van der Waals surface area contributed by atoms with E-state index in [1.165, 1.54) is 12.1 Å². The van der Waals surface area contributed by atoms with Crippen LogP contribution in [0.25, 0.3) is 0 Å². The summed E-state index contributed by atoms with van der Waals surface area (Å²) in [6.45, 7) is 8.52. The van der Waals surface area contributed by atoms with Crippen LogP contribution < -0.4 is 15.1 Å². The van der Waals surface area contributed by atoms with Crippen molar-refractivity contribution in [3.05, 3.63) is 42.7 Å². The number of aromatic nitrogens is 2. The zero-order valence-electron chi connectivity index (χ0n) is 19.2. The van der Waals surface area contributed by atoms with Gasteiger partial charge in [0.1, 0.15) is 18.0 Å². The number of anilines is 3. The summed E-state index contributed by atoms with van der Waals surface area (Å²) in [6, 6.07) is 12.5. The van der Waals surface area contributed by atoms with Crippen LogP contribution in [0.15, 0.2) is 42.7 Å². The average Bonchev–Trinajstić information content (AvgIpc) is 2.87. The highest BCUT2D eigenvalue weighted by Crippen LogP contribution is 2.26. The Morgan fingerprint density at radius 1 is 1.06 bits per heavy atom. The van der Waals surface area contributed by atoms with E-state index in [1.807, 2.05) is 6.07 Å². The van der Waals surface area contributed by atoms with Crippen LogP contribution in [0.2, 0.25) is 0 Å². The van der Waals surface area contributed by atoms with Gasteiger partial charge >= 0.3 is 0 Å². The average molecular weight is 437 g/mol. The zero-order valence-corrected chi connectivity index (χ0v) is 19.2. The lowest BCUT2D eigenvalue weighted by molar-refractivity contribution is -0.131. The van der Waals surface area contributed by atoms with E-state index in [-0.39, 0.29) is 0 Å². The van der Waals surface area contributed by atoms with Gasteiger partial charge < -0.3 is 20.0 Å². The molecule has 0 radical (unpaired) electrons. The Morgan fingerprint density at radius 3 is 2.66 bits per heavy atom. The fraction of sp³-hybridized carbons (Fsp3) is 0.560. The standard InChI is InChI=1S/C25H36N6O/c1-2-12-26-23-18-24(28-20-27-23)31-13-6-7-21(19-31)10-11-25(32)30-16-14-29(15-17-30)22-8-4-3-5-9-22/h3-5,8-9,18,20-21H,2,6-7,10-17,19H2,1H3,(H,26,27,28)/t21-/m1/s1. The minimum atomic E-state index is 0.308. The molecule has 1 aromatic heterocycles. The number of nitrogens with zero attached hydrogens (tertiary/aromatic N) is 5. The van der Waals surface area contributed by atoms with Crippen molar-refractivity contribution in [2.24, 2.45) is 5.92 Å². The van der Waals surface area contributed by atoms with Gasteiger partial charge in [-0.15, -0.1) is 0 Å². The van der Waals surface area contributed by atoms with Crippen molar-refractivity contribution in [2.45, 2.75) is 39.0 Å². The predicted octanol–water partition coefficient (Wildman–Crippen LogP) is 3.64. The van der Waals surface area contributed by atoms with Crippen molar-refractivity contribution < 1.29 is 4.79 Å². The number of piperazine rings is 1. The molecule has 2 aromatic rings. The molecule has 7 nitrogen and oxygen atoms in total. The van der Waals surface area contributed by atoms with Crippen molar-refractivity contribution in [3.8, 4) is 0 Å². The lowest BCUT2D eigenvalue weighted by Crippen LogP contribution is -2.49. The zero-order chi connectivity index (χ0) is 22.2. The summed E-state index contributed by atoms with van der Waals surface area (Å²) < 4.78 is 0. The molecule has 1 aromatic carbocycles. The highest BCUT2D eigenvalue weighted by atomic mass is 16.2. The quantitative estimate of drug-likeness (QED) is 0.682. The van der Waals surface area contributed by atoms with E-state index in [4.69, 9.17) is 0 Å². The molecule has 7 heteroatoms. The van der Waals surface area contributed by atoms with Crippen molar-refractivity contribution in [3.63, 3.8) is 0 Å². The van der Waals surface area contributed by atoms with E-state index < -0.39 is 0 Å². The number of rotatable bonds is 8. The number of hydrogen-bond acceptors (Lipinski definition) is 6. The molecule has 2 saturated heterocycles. The second kappa shape index (κ2) is 11.2. The highest BCUT2D eigenvalue weighted by molar-refractivity contribution is 5.76. The molecule has 0 aliphatic carbocycles. The first-order valence-electron chi connectivity index (χ1n) is 12.1. The van der Waals surface area contributed by atoms with Gasteiger partial charge in [-0.1, -0.05) is 25.1 Å².